The maximum absolute atomic E-state index is 3.39. The van der Waals surface area contributed by atoms with E-state index in [0.717, 1.165) is 19.1 Å². The Morgan fingerprint density at radius 2 is 1.80 bits per heavy atom. The van der Waals surface area contributed by atoms with Gasteiger partial charge in [0.2, 0.25) is 0 Å². The van der Waals surface area contributed by atoms with Gasteiger partial charge in [-0.1, -0.05) is 13.8 Å². The highest BCUT2D eigenvalue weighted by molar-refractivity contribution is 4.71. The summed E-state index contributed by atoms with van der Waals surface area (Å²) >= 11 is 0. The first kappa shape index (κ1) is 12.9. The second-order valence-electron chi connectivity index (χ2n) is 4.54. The van der Waals surface area contributed by atoms with Crippen molar-refractivity contribution < 1.29 is 0 Å². The van der Waals surface area contributed by atoms with E-state index < -0.39 is 0 Å². The van der Waals surface area contributed by atoms with Crippen LogP contribution in [0.4, 0.5) is 0 Å². The van der Waals surface area contributed by atoms with Crippen molar-refractivity contribution in [2.45, 2.75) is 32.7 Å². The molecule has 1 heterocycles. The largest absolute Gasteiger partial charge is 0.314 e. The summed E-state index contributed by atoms with van der Waals surface area (Å²) in [4.78, 5) is 5.08. The fourth-order valence-electron chi connectivity index (χ4n) is 2.33. The molecule has 0 unspecified atom stereocenters. The first-order valence-electron chi connectivity index (χ1n) is 6.41. The molecule has 1 saturated heterocycles. The van der Waals surface area contributed by atoms with Crippen molar-refractivity contribution in [2.24, 2.45) is 0 Å². The van der Waals surface area contributed by atoms with E-state index in [0.29, 0.717) is 0 Å². The average Bonchev–Trinajstić information content (AvgIpc) is 2.29. The third-order valence-corrected chi connectivity index (χ3v) is 3.54. The molecule has 0 saturated carbocycles. The molecule has 1 fully saturated rings. The van der Waals surface area contributed by atoms with Crippen molar-refractivity contribution in [2.75, 3.05) is 46.3 Å². The molecule has 90 valence electrons. The van der Waals surface area contributed by atoms with Crippen molar-refractivity contribution in [3.8, 4) is 0 Å². The lowest BCUT2D eigenvalue weighted by molar-refractivity contribution is 0.171. The topological polar surface area (TPSA) is 18.5 Å². The Hall–Kier alpha value is -0.120. The third-order valence-electron chi connectivity index (χ3n) is 3.54. The summed E-state index contributed by atoms with van der Waals surface area (Å²) in [5, 5.41) is 3.39. The minimum atomic E-state index is 0.771. The van der Waals surface area contributed by atoms with Crippen LogP contribution in [0.1, 0.15) is 26.7 Å². The van der Waals surface area contributed by atoms with Gasteiger partial charge in [-0.3, -0.25) is 4.90 Å². The molecule has 0 radical (unpaired) electrons. The summed E-state index contributed by atoms with van der Waals surface area (Å²) in [7, 11) is 2.26. The van der Waals surface area contributed by atoms with Crippen molar-refractivity contribution in [1.29, 1.82) is 0 Å². The molecule has 15 heavy (non-hydrogen) atoms. The molecular weight excluding hydrogens is 186 g/mol. The molecule has 0 spiro atoms. The van der Waals surface area contributed by atoms with E-state index >= 15 is 0 Å². The number of hydrogen-bond donors (Lipinski definition) is 1. The number of nitrogens with one attached hydrogen (secondary N) is 1. The maximum Gasteiger partial charge on any atom is 0.0110 e. The predicted octanol–water partition coefficient (Wildman–Crippen LogP) is 1.01. The first-order chi connectivity index (χ1) is 7.27. The van der Waals surface area contributed by atoms with Crippen LogP contribution in [0, 0.1) is 0 Å². The Bertz CT molecular complexity index is 151. The van der Waals surface area contributed by atoms with Gasteiger partial charge in [0.25, 0.3) is 0 Å². The van der Waals surface area contributed by atoms with Gasteiger partial charge in [0.1, 0.15) is 0 Å². The van der Waals surface area contributed by atoms with Gasteiger partial charge in [-0.05, 0) is 19.9 Å². The minimum absolute atomic E-state index is 0.771. The van der Waals surface area contributed by atoms with Crippen molar-refractivity contribution in [3.05, 3.63) is 0 Å². The van der Waals surface area contributed by atoms with E-state index in [1.54, 1.807) is 0 Å². The molecule has 1 aliphatic heterocycles. The Balaban J connectivity index is 2.16. The van der Waals surface area contributed by atoms with E-state index in [9.17, 15) is 0 Å². The molecule has 1 rings (SSSR count). The molecular formula is C12H27N3. The van der Waals surface area contributed by atoms with Crippen LogP contribution in [0.3, 0.4) is 0 Å². The molecule has 0 aromatic rings. The highest BCUT2D eigenvalue weighted by atomic mass is 15.2. The van der Waals surface area contributed by atoms with Crippen molar-refractivity contribution in [3.63, 3.8) is 0 Å². The molecule has 3 heteroatoms. The van der Waals surface area contributed by atoms with E-state index in [-0.39, 0.29) is 0 Å². The third kappa shape index (κ3) is 4.49. The molecule has 3 nitrogen and oxygen atoms in total. The highest BCUT2D eigenvalue weighted by Crippen LogP contribution is 2.05. The second-order valence-corrected chi connectivity index (χ2v) is 4.54. The van der Waals surface area contributed by atoms with Crippen LogP contribution in [0.2, 0.25) is 0 Å². The summed E-state index contributed by atoms with van der Waals surface area (Å²) in [5.74, 6) is 0. The van der Waals surface area contributed by atoms with Crippen LogP contribution in [-0.4, -0.2) is 62.2 Å². The van der Waals surface area contributed by atoms with E-state index in [1.807, 2.05) is 0 Å². The first-order valence-corrected chi connectivity index (χ1v) is 6.41. The van der Waals surface area contributed by atoms with E-state index in [2.05, 4.69) is 36.0 Å². The Morgan fingerprint density at radius 3 is 2.33 bits per heavy atom. The molecule has 0 bridgehead atoms. The Labute approximate surface area is 94.8 Å². The smallest absolute Gasteiger partial charge is 0.0110 e. The normalized spacial score (nSPS) is 19.0. The zero-order valence-electron chi connectivity index (χ0n) is 10.6. The SMILES string of the molecule is CCC(CC)N(C)CCN1CCNCC1. The predicted molar refractivity (Wildman–Crippen MR) is 66.3 cm³/mol. The molecule has 1 N–H and O–H groups in total. The average molecular weight is 213 g/mol. The van der Waals surface area contributed by atoms with Gasteiger partial charge in [-0.2, -0.15) is 0 Å². The molecule has 0 aliphatic carbocycles. The van der Waals surface area contributed by atoms with Crippen LogP contribution in [0.25, 0.3) is 0 Å². The van der Waals surface area contributed by atoms with Crippen molar-refractivity contribution in [1.82, 2.24) is 15.1 Å². The monoisotopic (exact) mass is 213 g/mol. The van der Waals surface area contributed by atoms with Gasteiger partial charge in [0.05, 0.1) is 0 Å². The van der Waals surface area contributed by atoms with Gasteiger partial charge in [0.15, 0.2) is 0 Å². The van der Waals surface area contributed by atoms with Crippen LogP contribution >= 0.6 is 0 Å². The lowest BCUT2D eigenvalue weighted by atomic mass is 10.1. The minimum Gasteiger partial charge on any atom is -0.314 e. The fourth-order valence-corrected chi connectivity index (χ4v) is 2.33. The zero-order valence-corrected chi connectivity index (χ0v) is 10.6. The summed E-state index contributed by atoms with van der Waals surface area (Å²) in [5.41, 5.74) is 0. The van der Waals surface area contributed by atoms with Gasteiger partial charge in [0, 0.05) is 45.3 Å². The summed E-state index contributed by atoms with van der Waals surface area (Å²) in [6, 6.07) is 0.771. The number of likely N-dealkylation sites (N-methyl/N-ethyl adjacent to an activating group) is 1. The standard InChI is InChI=1S/C12H27N3/c1-4-12(5-2)14(3)10-11-15-8-6-13-7-9-15/h12-13H,4-11H2,1-3H3. The van der Waals surface area contributed by atoms with Crippen molar-refractivity contribution >= 4 is 0 Å². The van der Waals surface area contributed by atoms with Gasteiger partial charge >= 0.3 is 0 Å². The Morgan fingerprint density at radius 1 is 1.20 bits per heavy atom. The fraction of sp³-hybridized carbons (Fsp3) is 1.00. The number of nitrogens with zero attached hydrogens (tertiary/aromatic N) is 2. The number of piperazine rings is 1. The van der Waals surface area contributed by atoms with Crippen LogP contribution in [-0.2, 0) is 0 Å². The summed E-state index contributed by atoms with van der Waals surface area (Å²) in [6.45, 7) is 11.8. The van der Waals surface area contributed by atoms with Crippen LogP contribution < -0.4 is 5.32 Å². The number of rotatable bonds is 6. The number of hydrogen-bond acceptors (Lipinski definition) is 3. The second kappa shape index (κ2) is 7.20. The van der Waals surface area contributed by atoms with Gasteiger partial charge < -0.3 is 10.2 Å². The molecule has 1 aliphatic rings. The van der Waals surface area contributed by atoms with Gasteiger partial charge in [-0.15, -0.1) is 0 Å². The molecule has 0 aromatic carbocycles. The summed E-state index contributed by atoms with van der Waals surface area (Å²) in [6.07, 6.45) is 2.54. The maximum atomic E-state index is 3.39. The Kier molecular flexibility index (Phi) is 6.22. The van der Waals surface area contributed by atoms with Gasteiger partial charge in [-0.25, -0.2) is 0 Å². The van der Waals surface area contributed by atoms with E-state index in [4.69, 9.17) is 0 Å². The summed E-state index contributed by atoms with van der Waals surface area (Å²) < 4.78 is 0. The molecule has 0 aromatic heterocycles. The molecule has 0 amide bonds. The lowest BCUT2D eigenvalue weighted by Crippen LogP contribution is -2.46. The lowest BCUT2D eigenvalue weighted by Gasteiger charge is -2.31. The quantitative estimate of drug-likeness (QED) is 0.710. The van der Waals surface area contributed by atoms with Crippen LogP contribution in [0.5, 0.6) is 0 Å². The van der Waals surface area contributed by atoms with Crippen LogP contribution in [0.15, 0.2) is 0 Å². The van der Waals surface area contributed by atoms with E-state index in [1.165, 1.54) is 39.0 Å². The zero-order chi connectivity index (χ0) is 11.1. The molecule has 0 atom stereocenters. The highest BCUT2D eigenvalue weighted by Gasteiger charge is 2.13.